The molecule has 1 aromatic rings. The van der Waals surface area contributed by atoms with E-state index in [4.69, 9.17) is 0 Å². The first-order valence-corrected chi connectivity index (χ1v) is 7.03. The Bertz CT molecular complexity index is 428. The van der Waals surface area contributed by atoms with Crippen LogP contribution in [-0.2, 0) is 0 Å². The van der Waals surface area contributed by atoms with Crippen LogP contribution in [0.3, 0.4) is 0 Å². The zero-order chi connectivity index (χ0) is 14.5. The average molecular weight is 285 g/mol. The van der Waals surface area contributed by atoms with Gasteiger partial charge in [-0.05, 0) is 31.7 Å². The van der Waals surface area contributed by atoms with Crippen molar-refractivity contribution in [2.24, 2.45) is 5.92 Å². The van der Waals surface area contributed by atoms with Crippen LogP contribution < -0.4 is 10.1 Å². The van der Waals surface area contributed by atoms with E-state index in [1.54, 1.807) is 24.3 Å². The summed E-state index contributed by atoms with van der Waals surface area (Å²) in [6, 6.07) is 6.70. The molecule has 3 nitrogen and oxygen atoms in total. The van der Waals surface area contributed by atoms with Crippen LogP contribution in [0.1, 0.15) is 37.8 Å². The Balaban J connectivity index is 1.96. The molecule has 20 heavy (non-hydrogen) atoms. The third-order valence-electron chi connectivity index (χ3n) is 3.91. The van der Waals surface area contributed by atoms with Gasteiger partial charge in [0.05, 0.1) is 6.10 Å². The molecule has 2 N–H and O–H groups in total. The molecule has 2 rings (SSSR count). The van der Waals surface area contributed by atoms with Crippen LogP contribution in [0.4, 0.5) is 8.78 Å². The molecule has 0 heterocycles. The molecule has 0 aliphatic heterocycles. The highest BCUT2D eigenvalue weighted by atomic mass is 19.3. The van der Waals surface area contributed by atoms with Gasteiger partial charge in [0.1, 0.15) is 5.75 Å². The van der Waals surface area contributed by atoms with Crippen LogP contribution in [0.2, 0.25) is 0 Å². The maximum absolute atomic E-state index is 12.4. The molecular formula is C15H21F2NO2. The molecule has 0 bridgehead atoms. The van der Waals surface area contributed by atoms with Crippen LogP contribution >= 0.6 is 0 Å². The highest BCUT2D eigenvalue weighted by molar-refractivity contribution is 5.35. The summed E-state index contributed by atoms with van der Waals surface area (Å²) < 4.78 is 29.3. The summed E-state index contributed by atoms with van der Waals surface area (Å²) >= 11 is 0. The van der Waals surface area contributed by atoms with Crippen LogP contribution in [0, 0.1) is 5.92 Å². The van der Waals surface area contributed by atoms with E-state index in [1.807, 2.05) is 6.92 Å². The standard InChI is InChI=1S/C15H21F2NO2/c1-10(18-9-11-5-4-7-13(11)19)12-6-2-3-8-14(12)20-15(16)17/h2-3,6,8,10-11,13,15,18-19H,4-5,7,9H2,1H3. The minimum absolute atomic E-state index is 0.0993. The molecule has 0 spiro atoms. The molecule has 0 aromatic heterocycles. The van der Waals surface area contributed by atoms with Crippen molar-refractivity contribution >= 4 is 0 Å². The summed E-state index contributed by atoms with van der Waals surface area (Å²) in [4.78, 5) is 0. The van der Waals surface area contributed by atoms with Gasteiger partial charge in [-0.3, -0.25) is 0 Å². The van der Waals surface area contributed by atoms with Gasteiger partial charge in [-0.1, -0.05) is 24.6 Å². The fourth-order valence-corrected chi connectivity index (χ4v) is 2.74. The number of alkyl halides is 2. The van der Waals surface area contributed by atoms with Crippen molar-refractivity contribution in [3.05, 3.63) is 29.8 Å². The molecule has 1 aliphatic rings. The minimum Gasteiger partial charge on any atom is -0.434 e. The van der Waals surface area contributed by atoms with Crippen LogP contribution in [0.25, 0.3) is 0 Å². The molecule has 0 amide bonds. The Hall–Kier alpha value is -1.20. The smallest absolute Gasteiger partial charge is 0.387 e. The number of para-hydroxylation sites is 1. The van der Waals surface area contributed by atoms with Crippen molar-refractivity contribution in [3.8, 4) is 5.75 Å². The molecule has 112 valence electrons. The third kappa shape index (κ3) is 3.90. The number of ether oxygens (including phenoxy) is 1. The highest BCUT2D eigenvalue weighted by Crippen LogP contribution is 2.28. The Morgan fingerprint density at radius 3 is 2.75 bits per heavy atom. The van der Waals surface area contributed by atoms with Crippen molar-refractivity contribution < 1.29 is 18.6 Å². The second-order valence-corrected chi connectivity index (χ2v) is 5.30. The number of rotatable bonds is 6. The summed E-state index contributed by atoms with van der Waals surface area (Å²) in [6.07, 6.45) is 2.66. The molecule has 5 heteroatoms. The summed E-state index contributed by atoms with van der Waals surface area (Å²) in [5.41, 5.74) is 0.709. The summed E-state index contributed by atoms with van der Waals surface area (Å²) in [5.74, 6) is 0.454. The van der Waals surface area contributed by atoms with Gasteiger partial charge in [-0.2, -0.15) is 8.78 Å². The molecular weight excluding hydrogens is 264 g/mol. The van der Waals surface area contributed by atoms with E-state index in [0.29, 0.717) is 12.1 Å². The van der Waals surface area contributed by atoms with Crippen molar-refractivity contribution in [2.75, 3.05) is 6.54 Å². The Labute approximate surface area is 117 Å². The number of nitrogens with one attached hydrogen (secondary N) is 1. The monoisotopic (exact) mass is 285 g/mol. The topological polar surface area (TPSA) is 41.5 Å². The molecule has 1 aliphatic carbocycles. The largest absolute Gasteiger partial charge is 0.434 e. The van der Waals surface area contributed by atoms with Gasteiger partial charge < -0.3 is 15.2 Å². The summed E-state index contributed by atoms with van der Waals surface area (Å²) in [6.45, 7) is -0.222. The number of aliphatic hydroxyl groups excluding tert-OH is 1. The quantitative estimate of drug-likeness (QED) is 0.844. The van der Waals surface area contributed by atoms with Crippen molar-refractivity contribution in [1.29, 1.82) is 0 Å². The third-order valence-corrected chi connectivity index (χ3v) is 3.91. The molecule has 0 radical (unpaired) electrons. The van der Waals surface area contributed by atoms with Crippen LogP contribution in [0.15, 0.2) is 24.3 Å². The molecule has 1 fully saturated rings. The van der Waals surface area contributed by atoms with E-state index in [1.165, 1.54) is 0 Å². The predicted molar refractivity (Wildman–Crippen MR) is 72.8 cm³/mol. The Morgan fingerprint density at radius 1 is 1.35 bits per heavy atom. The van der Waals surface area contributed by atoms with Gasteiger partial charge in [0, 0.05) is 18.2 Å². The minimum atomic E-state index is -2.82. The number of hydrogen-bond acceptors (Lipinski definition) is 3. The molecule has 1 aromatic carbocycles. The van der Waals surface area contributed by atoms with E-state index < -0.39 is 6.61 Å². The lowest BCUT2D eigenvalue weighted by Gasteiger charge is -2.21. The van der Waals surface area contributed by atoms with Crippen molar-refractivity contribution in [2.45, 2.75) is 44.9 Å². The normalized spacial score (nSPS) is 24.1. The summed E-state index contributed by atoms with van der Waals surface area (Å²) in [5, 5.41) is 13.1. The van der Waals surface area contributed by atoms with Crippen LogP contribution in [-0.4, -0.2) is 24.4 Å². The number of benzene rings is 1. The lowest BCUT2D eigenvalue weighted by atomic mass is 10.0. The van der Waals surface area contributed by atoms with Crippen LogP contribution in [0.5, 0.6) is 5.75 Å². The van der Waals surface area contributed by atoms with E-state index >= 15 is 0 Å². The van der Waals surface area contributed by atoms with Crippen molar-refractivity contribution in [3.63, 3.8) is 0 Å². The SMILES string of the molecule is CC(NCC1CCCC1O)c1ccccc1OC(F)F. The first-order chi connectivity index (χ1) is 9.58. The molecule has 3 unspecified atom stereocenters. The maximum atomic E-state index is 12.4. The number of halogens is 2. The maximum Gasteiger partial charge on any atom is 0.387 e. The van der Waals surface area contributed by atoms with E-state index in [-0.39, 0.29) is 23.8 Å². The van der Waals surface area contributed by atoms with Gasteiger partial charge >= 0.3 is 6.61 Å². The van der Waals surface area contributed by atoms with E-state index in [2.05, 4.69) is 10.1 Å². The lowest BCUT2D eigenvalue weighted by Crippen LogP contribution is -2.30. The number of hydrogen-bond donors (Lipinski definition) is 2. The summed E-state index contributed by atoms with van der Waals surface area (Å²) in [7, 11) is 0. The first-order valence-electron chi connectivity index (χ1n) is 7.03. The van der Waals surface area contributed by atoms with Crippen molar-refractivity contribution in [1.82, 2.24) is 5.32 Å². The highest BCUT2D eigenvalue weighted by Gasteiger charge is 2.25. The zero-order valence-corrected chi connectivity index (χ0v) is 11.6. The Morgan fingerprint density at radius 2 is 2.10 bits per heavy atom. The number of aliphatic hydroxyl groups is 1. The van der Waals surface area contributed by atoms with Gasteiger partial charge in [-0.25, -0.2) is 0 Å². The van der Waals surface area contributed by atoms with Gasteiger partial charge in [0.2, 0.25) is 0 Å². The van der Waals surface area contributed by atoms with Gasteiger partial charge in [-0.15, -0.1) is 0 Å². The van der Waals surface area contributed by atoms with E-state index in [0.717, 1.165) is 19.3 Å². The molecule has 1 saturated carbocycles. The molecule has 3 atom stereocenters. The first kappa shape index (κ1) is 15.2. The van der Waals surface area contributed by atoms with E-state index in [9.17, 15) is 13.9 Å². The fourth-order valence-electron chi connectivity index (χ4n) is 2.74. The van der Waals surface area contributed by atoms with Gasteiger partial charge in [0.25, 0.3) is 0 Å². The lowest BCUT2D eigenvalue weighted by molar-refractivity contribution is -0.0506. The molecule has 0 saturated heterocycles. The van der Waals surface area contributed by atoms with Gasteiger partial charge in [0.15, 0.2) is 0 Å². The fraction of sp³-hybridized carbons (Fsp3) is 0.600. The second-order valence-electron chi connectivity index (χ2n) is 5.30. The predicted octanol–water partition coefficient (Wildman–Crippen LogP) is 3.10. The second kappa shape index (κ2) is 6.99. The average Bonchev–Trinajstić information content (AvgIpc) is 2.81. The zero-order valence-electron chi connectivity index (χ0n) is 11.6. The Kier molecular flexibility index (Phi) is 5.31.